The quantitative estimate of drug-likeness (QED) is 0.601. The van der Waals surface area contributed by atoms with Gasteiger partial charge in [0, 0.05) is 56.2 Å². The topological polar surface area (TPSA) is 99.7 Å². The molecule has 0 unspecified atom stereocenters. The minimum atomic E-state index is -0.312. The van der Waals surface area contributed by atoms with E-state index in [-0.39, 0.29) is 18.7 Å². The maximum Gasteiger partial charge on any atom is 0.410 e. The van der Waals surface area contributed by atoms with Gasteiger partial charge < -0.3 is 19.9 Å². The maximum atomic E-state index is 12.6. The summed E-state index contributed by atoms with van der Waals surface area (Å²) in [4.78, 5) is 37.3. The molecule has 0 saturated carbocycles. The van der Waals surface area contributed by atoms with Gasteiger partial charge >= 0.3 is 12.1 Å². The van der Waals surface area contributed by atoms with Gasteiger partial charge in [0.15, 0.2) is 0 Å². The molecule has 0 bridgehead atoms. The molecular formula is C25H30N6O3. The van der Waals surface area contributed by atoms with Crippen LogP contribution in [0.1, 0.15) is 18.2 Å². The number of benzene rings is 1. The Morgan fingerprint density at radius 3 is 2.59 bits per heavy atom. The number of nitrogens with zero attached hydrogens (tertiary/aromatic N) is 4. The van der Waals surface area contributed by atoms with Gasteiger partial charge in [0.2, 0.25) is 0 Å². The number of anilines is 1. The van der Waals surface area contributed by atoms with E-state index in [9.17, 15) is 9.59 Å². The lowest BCUT2D eigenvalue weighted by Gasteiger charge is -2.31. The van der Waals surface area contributed by atoms with Crippen molar-refractivity contribution in [1.82, 2.24) is 25.1 Å². The Morgan fingerprint density at radius 2 is 1.85 bits per heavy atom. The number of urea groups is 1. The number of piperazine rings is 1. The van der Waals surface area contributed by atoms with Crippen molar-refractivity contribution in [2.24, 2.45) is 0 Å². The van der Waals surface area contributed by atoms with Gasteiger partial charge in [-0.3, -0.25) is 10.3 Å². The second-order valence-electron chi connectivity index (χ2n) is 8.40. The summed E-state index contributed by atoms with van der Waals surface area (Å²) >= 11 is 0. The van der Waals surface area contributed by atoms with Crippen molar-refractivity contribution in [3.8, 4) is 11.1 Å². The molecule has 9 heteroatoms. The van der Waals surface area contributed by atoms with Crippen molar-refractivity contribution in [2.45, 2.75) is 20.5 Å². The lowest BCUT2D eigenvalue weighted by atomic mass is 9.96. The van der Waals surface area contributed by atoms with Crippen LogP contribution in [0.3, 0.4) is 0 Å². The monoisotopic (exact) mass is 462 g/mol. The zero-order valence-electron chi connectivity index (χ0n) is 19.8. The average Bonchev–Trinajstić information content (AvgIpc) is 2.82. The fraction of sp³-hybridized carbons (Fsp3) is 0.360. The zero-order chi connectivity index (χ0) is 24.1. The minimum absolute atomic E-state index is 0.141. The summed E-state index contributed by atoms with van der Waals surface area (Å²) in [5, 5.41) is 7.25. The number of carbonyl (C=O) groups excluding carboxylic acids is 2. The molecule has 2 N–H and O–H groups in total. The Balaban J connectivity index is 1.64. The van der Waals surface area contributed by atoms with Gasteiger partial charge in [-0.15, -0.1) is 0 Å². The van der Waals surface area contributed by atoms with E-state index in [1.54, 1.807) is 17.3 Å². The van der Waals surface area contributed by atoms with Crippen molar-refractivity contribution in [1.29, 1.82) is 0 Å². The molecule has 178 valence electrons. The molecule has 1 fully saturated rings. The first-order chi connectivity index (χ1) is 16.4. The third kappa shape index (κ3) is 5.43. The number of rotatable bonds is 5. The number of aryl methyl sites for hydroxylation is 1. The minimum Gasteiger partial charge on any atom is -0.445 e. The van der Waals surface area contributed by atoms with Crippen LogP contribution in [0.4, 0.5) is 15.4 Å². The van der Waals surface area contributed by atoms with Crippen LogP contribution in [-0.4, -0.2) is 71.7 Å². The van der Waals surface area contributed by atoms with Gasteiger partial charge in [-0.2, -0.15) is 0 Å². The largest absolute Gasteiger partial charge is 0.445 e. The molecule has 34 heavy (non-hydrogen) atoms. The number of likely N-dealkylation sites (N-methyl/N-ethyl adjacent to an activating group) is 1. The summed E-state index contributed by atoms with van der Waals surface area (Å²) in [6, 6.07) is 9.47. The molecule has 3 aromatic rings. The standard InChI is InChI=1S/C25H30N6O3/c1-4-26-24(32)29-23-14-21-20(18-7-8-27-17(2)13-18)6-5-19(22(21)15-28-23)16-34-25(33)31-11-9-30(3)10-12-31/h5-8,13-15H,4,9-12,16H2,1-3H3,(H2,26,28,29,32). The predicted molar refractivity (Wildman–Crippen MR) is 132 cm³/mol. The SMILES string of the molecule is CCNC(=O)Nc1cc2c(-c3ccnc(C)c3)ccc(COC(=O)N3CCN(C)CC3)c2cn1. The van der Waals surface area contributed by atoms with E-state index in [1.807, 2.05) is 51.2 Å². The number of aromatic nitrogens is 2. The van der Waals surface area contributed by atoms with Gasteiger partial charge in [0.25, 0.3) is 0 Å². The number of amides is 3. The fourth-order valence-corrected chi connectivity index (χ4v) is 4.00. The Morgan fingerprint density at radius 1 is 1.06 bits per heavy atom. The van der Waals surface area contributed by atoms with Gasteiger partial charge in [-0.25, -0.2) is 14.6 Å². The summed E-state index contributed by atoms with van der Waals surface area (Å²) in [5.74, 6) is 0.442. The highest BCUT2D eigenvalue weighted by atomic mass is 16.6. The number of ether oxygens (including phenoxy) is 1. The Kier molecular flexibility index (Phi) is 7.22. The lowest BCUT2D eigenvalue weighted by Crippen LogP contribution is -2.47. The van der Waals surface area contributed by atoms with E-state index in [0.29, 0.717) is 25.5 Å². The van der Waals surface area contributed by atoms with E-state index >= 15 is 0 Å². The van der Waals surface area contributed by atoms with Crippen LogP contribution in [-0.2, 0) is 11.3 Å². The number of carbonyl (C=O) groups is 2. The number of nitrogens with one attached hydrogen (secondary N) is 2. The summed E-state index contributed by atoms with van der Waals surface area (Å²) in [7, 11) is 2.04. The summed E-state index contributed by atoms with van der Waals surface area (Å²) in [5.41, 5.74) is 3.75. The molecule has 3 heterocycles. The first-order valence-corrected chi connectivity index (χ1v) is 11.4. The second-order valence-corrected chi connectivity index (χ2v) is 8.40. The fourth-order valence-electron chi connectivity index (χ4n) is 4.00. The molecule has 4 rings (SSSR count). The van der Waals surface area contributed by atoms with Crippen molar-refractivity contribution in [2.75, 3.05) is 45.1 Å². The molecule has 1 aromatic carbocycles. The highest BCUT2D eigenvalue weighted by Crippen LogP contribution is 2.32. The van der Waals surface area contributed by atoms with Gasteiger partial charge in [-0.05, 0) is 61.2 Å². The highest BCUT2D eigenvalue weighted by molar-refractivity contribution is 6.00. The molecule has 3 amide bonds. The normalized spacial score (nSPS) is 14.1. The molecule has 2 aromatic heterocycles. The predicted octanol–water partition coefficient (Wildman–Crippen LogP) is 3.63. The molecule has 0 radical (unpaired) electrons. The van der Waals surface area contributed by atoms with Crippen LogP contribution in [0, 0.1) is 6.92 Å². The van der Waals surface area contributed by atoms with Gasteiger partial charge in [0.1, 0.15) is 12.4 Å². The smallest absolute Gasteiger partial charge is 0.410 e. The molecule has 0 atom stereocenters. The molecule has 0 spiro atoms. The van der Waals surface area contributed by atoms with Crippen molar-refractivity contribution in [3.63, 3.8) is 0 Å². The molecule has 1 aliphatic rings. The third-order valence-electron chi connectivity index (χ3n) is 5.89. The number of hydrogen-bond donors (Lipinski definition) is 2. The molecule has 9 nitrogen and oxygen atoms in total. The first-order valence-electron chi connectivity index (χ1n) is 11.4. The van der Waals surface area contributed by atoms with Crippen LogP contribution in [0.2, 0.25) is 0 Å². The number of fused-ring (bicyclic) bond motifs is 1. The van der Waals surface area contributed by atoms with Crippen molar-refractivity contribution < 1.29 is 14.3 Å². The van der Waals surface area contributed by atoms with E-state index in [1.165, 1.54) is 0 Å². The van der Waals surface area contributed by atoms with Gasteiger partial charge in [0.05, 0.1) is 0 Å². The molecule has 0 aliphatic carbocycles. The number of pyridine rings is 2. The zero-order valence-corrected chi connectivity index (χ0v) is 19.8. The molecule has 1 saturated heterocycles. The van der Waals surface area contributed by atoms with Crippen LogP contribution < -0.4 is 10.6 Å². The number of hydrogen-bond acceptors (Lipinski definition) is 6. The van der Waals surface area contributed by atoms with Crippen molar-refractivity contribution >= 4 is 28.7 Å². The summed E-state index contributed by atoms with van der Waals surface area (Å²) < 4.78 is 5.65. The van der Waals surface area contributed by atoms with Crippen LogP contribution in [0.5, 0.6) is 0 Å². The maximum absolute atomic E-state index is 12.6. The Hall–Kier alpha value is -3.72. The highest BCUT2D eigenvalue weighted by Gasteiger charge is 2.21. The summed E-state index contributed by atoms with van der Waals surface area (Å²) in [6.45, 7) is 7.45. The Labute approximate surface area is 199 Å². The van der Waals surface area contributed by atoms with E-state index in [0.717, 1.165) is 46.2 Å². The van der Waals surface area contributed by atoms with E-state index < -0.39 is 0 Å². The third-order valence-corrected chi connectivity index (χ3v) is 5.89. The van der Waals surface area contributed by atoms with E-state index in [2.05, 4.69) is 25.5 Å². The van der Waals surface area contributed by atoms with Gasteiger partial charge in [-0.1, -0.05) is 12.1 Å². The molecular weight excluding hydrogens is 432 g/mol. The average molecular weight is 463 g/mol. The molecule has 1 aliphatic heterocycles. The van der Waals surface area contributed by atoms with Crippen molar-refractivity contribution in [3.05, 3.63) is 54.0 Å². The first kappa shape index (κ1) is 23.4. The van der Waals surface area contributed by atoms with Crippen LogP contribution >= 0.6 is 0 Å². The second kappa shape index (κ2) is 10.5. The summed E-state index contributed by atoms with van der Waals surface area (Å²) in [6.07, 6.45) is 3.18. The van der Waals surface area contributed by atoms with Crippen LogP contribution in [0.25, 0.3) is 21.9 Å². The Bertz CT molecular complexity index is 1190. The van der Waals surface area contributed by atoms with Crippen LogP contribution in [0.15, 0.2) is 42.7 Å². The van der Waals surface area contributed by atoms with E-state index in [4.69, 9.17) is 4.74 Å². The lowest BCUT2D eigenvalue weighted by molar-refractivity contribution is 0.0771.